The summed E-state index contributed by atoms with van der Waals surface area (Å²) in [6, 6.07) is 2.62. The first kappa shape index (κ1) is 10.9. The highest BCUT2D eigenvalue weighted by Gasteiger charge is 2.19. The second-order valence-corrected chi connectivity index (χ2v) is 3.79. The zero-order chi connectivity index (χ0) is 11.7. The third-order valence-electron chi connectivity index (χ3n) is 2.25. The van der Waals surface area contributed by atoms with Gasteiger partial charge in [0.25, 0.3) is 0 Å². The van der Waals surface area contributed by atoms with Crippen molar-refractivity contribution in [1.29, 1.82) is 0 Å². The highest BCUT2D eigenvalue weighted by Crippen LogP contribution is 2.31. The number of nitrogens with one attached hydrogen (secondary N) is 1. The topological polar surface area (TPSA) is 37.8 Å². The van der Waals surface area contributed by atoms with Gasteiger partial charge in [-0.05, 0) is 18.6 Å². The van der Waals surface area contributed by atoms with Crippen LogP contribution in [0.5, 0.6) is 0 Å². The Hall–Kier alpha value is -1.56. The number of nitrogens with zero attached hydrogens (tertiary/aromatic N) is 2. The number of rotatable bonds is 2. The van der Waals surface area contributed by atoms with Gasteiger partial charge in [-0.1, -0.05) is 6.07 Å². The van der Waals surface area contributed by atoms with Gasteiger partial charge in [0.2, 0.25) is 0 Å². The van der Waals surface area contributed by atoms with Gasteiger partial charge in [-0.15, -0.1) is 0 Å². The predicted octanol–water partition coefficient (Wildman–Crippen LogP) is 2.83. The minimum absolute atomic E-state index is 0.127. The van der Waals surface area contributed by atoms with E-state index in [1.807, 2.05) is 0 Å². The fourth-order valence-corrected chi connectivity index (χ4v) is 1.95. The van der Waals surface area contributed by atoms with Crippen LogP contribution >= 0.6 is 11.7 Å². The molecule has 0 atom stereocenters. The maximum atomic E-state index is 13.8. The minimum Gasteiger partial charge on any atom is -0.370 e. The van der Waals surface area contributed by atoms with Crippen LogP contribution < -0.4 is 5.32 Å². The molecule has 0 saturated heterocycles. The monoisotopic (exact) mass is 241 g/mol. The lowest BCUT2D eigenvalue weighted by Crippen LogP contribution is -1.97. The summed E-state index contributed by atoms with van der Waals surface area (Å²) in [5.41, 5.74) is 0.468. The number of hydrogen-bond acceptors (Lipinski definition) is 4. The quantitative estimate of drug-likeness (QED) is 0.878. The Morgan fingerprint density at radius 2 is 2.00 bits per heavy atom. The summed E-state index contributed by atoms with van der Waals surface area (Å²) in [5, 5.41) is 2.75. The summed E-state index contributed by atoms with van der Waals surface area (Å²) < 4.78 is 35.2. The molecule has 16 heavy (non-hydrogen) atoms. The van der Waals surface area contributed by atoms with Crippen LogP contribution in [-0.4, -0.2) is 15.8 Å². The molecule has 0 amide bonds. The van der Waals surface area contributed by atoms with Crippen molar-refractivity contribution in [2.45, 2.75) is 6.92 Å². The summed E-state index contributed by atoms with van der Waals surface area (Å²) in [6.45, 7) is 1.58. The van der Waals surface area contributed by atoms with E-state index in [9.17, 15) is 8.78 Å². The zero-order valence-electron chi connectivity index (χ0n) is 8.71. The van der Waals surface area contributed by atoms with Gasteiger partial charge in [-0.2, -0.15) is 8.75 Å². The van der Waals surface area contributed by atoms with Crippen LogP contribution in [0.4, 0.5) is 14.6 Å². The molecule has 0 spiro atoms. The molecular formula is C10H9F2N3S. The van der Waals surface area contributed by atoms with E-state index in [0.717, 1.165) is 11.7 Å². The molecule has 0 aliphatic rings. The standard InChI is InChI=1S/C10H9F2N3S/c1-5-3-4-6(11)7(8(5)12)9-10(13-2)15-16-14-9/h3-4H,1-2H3,(H,13,15). The molecule has 6 heteroatoms. The van der Waals surface area contributed by atoms with Gasteiger partial charge >= 0.3 is 0 Å². The molecule has 1 aromatic carbocycles. The van der Waals surface area contributed by atoms with Crippen LogP contribution in [0.25, 0.3) is 11.3 Å². The molecule has 84 valence electrons. The second-order valence-electron chi connectivity index (χ2n) is 3.26. The number of aromatic nitrogens is 2. The molecule has 1 aromatic heterocycles. The lowest BCUT2D eigenvalue weighted by Gasteiger charge is -2.05. The predicted molar refractivity (Wildman–Crippen MR) is 59.5 cm³/mol. The lowest BCUT2D eigenvalue weighted by molar-refractivity contribution is 0.583. The van der Waals surface area contributed by atoms with Crippen molar-refractivity contribution in [1.82, 2.24) is 8.75 Å². The van der Waals surface area contributed by atoms with E-state index >= 15 is 0 Å². The van der Waals surface area contributed by atoms with Gasteiger partial charge in [0.05, 0.1) is 17.3 Å². The minimum atomic E-state index is -0.632. The van der Waals surface area contributed by atoms with E-state index in [2.05, 4.69) is 14.1 Å². The van der Waals surface area contributed by atoms with Gasteiger partial charge < -0.3 is 5.32 Å². The Morgan fingerprint density at radius 1 is 1.25 bits per heavy atom. The Labute approximate surface area is 95.5 Å². The molecule has 1 heterocycles. The number of hydrogen-bond donors (Lipinski definition) is 1. The Kier molecular flexibility index (Phi) is 2.82. The maximum absolute atomic E-state index is 13.8. The number of aryl methyl sites for hydroxylation is 1. The van der Waals surface area contributed by atoms with Crippen LogP contribution in [-0.2, 0) is 0 Å². The molecule has 0 aliphatic heterocycles. The highest BCUT2D eigenvalue weighted by molar-refractivity contribution is 6.99. The summed E-state index contributed by atoms with van der Waals surface area (Å²) in [4.78, 5) is 0. The molecule has 0 saturated carbocycles. The molecule has 2 aromatic rings. The lowest BCUT2D eigenvalue weighted by atomic mass is 10.1. The maximum Gasteiger partial charge on any atom is 0.168 e. The van der Waals surface area contributed by atoms with Crippen molar-refractivity contribution in [3.05, 3.63) is 29.3 Å². The first-order valence-electron chi connectivity index (χ1n) is 4.60. The summed E-state index contributed by atoms with van der Waals surface area (Å²) in [5.74, 6) is -0.843. The third-order valence-corrected chi connectivity index (χ3v) is 2.77. The first-order chi connectivity index (χ1) is 7.65. The highest BCUT2D eigenvalue weighted by atomic mass is 32.1. The van der Waals surface area contributed by atoms with Crippen molar-refractivity contribution in [3.63, 3.8) is 0 Å². The molecule has 0 bridgehead atoms. The van der Waals surface area contributed by atoms with Crippen LogP contribution in [0.1, 0.15) is 5.56 Å². The Morgan fingerprint density at radius 3 is 2.69 bits per heavy atom. The molecule has 2 rings (SSSR count). The van der Waals surface area contributed by atoms with E-state index < -0.39 is 11.6 Å². The molecule has 0 unspecified atom stereocenters. The van der Waals surface area contributed by atoms with Crippen LogP contribution in [0.3, 0.4) is 0 Å². The van der Waals surface area contributed by atoms with E-state index in [0.29, 0.717) is 11.4 Å². The molecule has 1 N–H and O–H groups in total. The number of halogens is 2. The average Bonchev–Trinajstić information content (AvgIpc) is 2.72. The third kappa shape index (κ3) is 1.65. The van der Waals surface area contributed by atoms with Gasteiger partial charge in [0.1, 0.15) is 17.3 Å². The number of benzene rings is 1. The van der Waals surface area contributed by atoms with E-state index in [4.69, 9.17) is 0 Å². The second kappa shape index (κ2) is 4.13. The van der Waals surface area contributed by atoms with Crippen molar-refractivity contribution in [2.75, 3.05) is 12.4 Å². The first-order valence-corrected chi connectivity index (χ1v) is 5.33. The summed E-state index contributed by atoms with van der Waals surface area (Å²) in [7, 11) is 1.63. The van der Waals surface area contributed by atoms with E-state index in [1.54, 1.807) is 14.0 Å². The van der Waals surface area contributed by atoms with Crippen LogP contribution in [0.15, 0.2) is 12.1 Å². The SMILES string of the molecule is CNc1nsnc1-c1c(F)ccc(C)c1F. The molecule has 0 fully saturated rings. The summed E-state index contributed by atoms with van der Waals surface area (Å²) in [6.07, 6.45) is 0. The van der Waals surface area contributed by atoms with Gasteiger partial charge in [0, 0.05) is 7.05 Å². The van der Waals surface area contributed by atoms with Crippen molar-refractivity contribution < 1.29 is 8.78 Å². The van der Waals surface area contributed by atoms with Crippen molar-refractivity contribution in [2.24, 2.45) is 0 Å². The van der Waals surface area contributed by atoms with Crippen LogP contribution in [0.2, 0.25) is 0 Å². The molecule has 0 radical (unpaired) electrons. The van der Waals surface area contributed by atoms with Crippen LogP contribution in [0, 0.1) is 18.6 Å². The normalized spacial score (nSPS) is 10.5. The van der Waals surface area contributed by atoms with Crippen molar-refractivity contribution >= 4 is 17.5 Å². The Balaban J connectivity index is 2.68. The number of anilines is 1. The zero-order valence-corrected chi connectivity index (χ0v) is 9.53. The van der Waals surface area contributed by atoms with Gasteiger partial charge in [0.15, 0.2) is 5.82 Å². The van der Waals surface area contributed by atoms with E-state index in [-0.39, 0.29) is 11.3 Å². The fourth-order valence-electron chi connectivity index (χ4n) is 1.39. The van der Waals surface area contributed by atoms with Gasteiger partial charge in [-0.3, -0.25) is 0 Å². The molecule has 3 nitrogen and oxygen atoms in total. The van der Waals surface area contributed by atoms with E-state index in [1.165, 1.54) is 12.1 Å². The molecule has 0 aliphatic carbocycles. The van der Waals surface area contributed by atoms with Gasteiger partial charge in [-0.25, -0.2) is 8.78 Å². The molecular weight excluding hydrogens is 232 g/mol. The largest absolute Gasteiger partial charge is 0.370 e. The average molecular weight is 241 g/mol. The fraction of sp³-hybridized carbons (Fsp3) is 0.200. The smallest absolute Gasteiger partial charge is 0.168 e. The Bertz CT molecular complexity index is 525. The summed E-state index contributed by atoms with van der Waals surface area (Å²) >= 11 is 0.913. The van der Waals surface area contributed by atoms with Crippen molar-refractivity contribution in [3.8, 4) is 11.3 Å².